The van der Waals surface area contributed by atoms with Crippen LogP contribution in [0.2, 0.25) is 0 Å². The zero-order valence-electron chi connectivity index (χ0n) is 12.7. The molecule has 0 spiro atoms. The molecular weight excluding hydrogens is 252 g/mol. The number of benzene rings is 1. The van der Waals surface area contributed by atoms with E-state index in [0.29, 0.717) is 18.2 Å². The van der Waals surface area contributed by atoms with Crippen molar-refractivity contribution in [3.05, 3.63) is 35.4 Å². The van der Waals surface area contributed by atoms with Gasteiger partial charge in [0.2, 0.25) is 0 Å². The Balaban J connectivity index is 2.38. The minimum absolute atomic E-state index is 0.344. The predicted octanol–water partition coefficient (Wildman–Crippen LogP) is 2.59. The van der Waals surface area contributed by atoms with Gasteiger partial charge in [0.15, 0.2) is 0 Å². The molecule has 0 aromatic heterocycles. The molecule has 0 aliphatic rings. The molecule has 1 rings (SSSR count). The van der Waals surface area contributed by atoms with Crippen LogP contribution in [-0.4, -0.2) is 42.2 Å². The van der Waals surface area contributed by atoms with Gasteiger partial charge in [0, 0.05) is 19.1 Å². The zero-order valence-corrected chi connectivity index (χ0v) is 12.7. The summed E-state index contributed by atoms with van der Waals surface area (Å²) in [7, 11) is 2.14. The quantitative estimate of drug-likeness (QED) is 0.729. The first kappa shape index (κ1) is 16.7. The Morgan fingerprint density at radius 3 is 2.85 bits per heavy atom. The number of likely N-dealkylation sites (N-methyl/N-ethyl adjacent to an activating group) is 1. The van der Waals surface area contributed by atoms with Gasteiger partial charge in [0.05, 0.1) is 5.56 Å². The van der Waals surface area contributed by atoms with Crippen LogP contribution in [0.4, 0.5) is 0 Å². The molecule has 0 aliphatic carbocycles. The molecule has 112 valence electrons. The maximum absolute atomic E-state index is 10.9. The summed E-state index contributed by atoms with van der Waals surface area (Å²) in [4.78, 5) is 13.2. The van der Waals surface area contributed by atoms with E-state index in [4.69, 9.17) is 5.11 Å². The molecule has 0 bridgehead atoms. The van der Waals surface area contributed by atoms with Crippen molar-refractivity contribution in [3.8, 4) is 0 Å². The molecule has 2 N–H and O–H groups in total. The maximum atomic E-state index is 10.9. The summed E-state index contributed by atoms with van der Waals surface area (Å²) >= 11 is 0. The van der Waals surface area contributed by atoms with Crippen molar-refractivity contribution in [2.24, 2.45) is 0 Å². The highest BCUT2D eigenvalue weighted by Gasteiger charge is 2.07. The van der Waals surface area contributed by atoms with E-state index >= 15 is 0 Å². The highest BCUT2D eigenvalue weighted by atomic mass is 16.4. The van der Waals surface area contributed by atoms with Gasteiger partial charge in [-0.15, -0.1) is 0 Å². The van der Waals surface area contributed by atoms with Crippen molar-refractivity contribution in [2.75, 3.05) is 20.1 Å². The summed E-state index contributed by atoms with van der Waals surface area (Å²) < 4.78 is 0. The molecule has 4 nitrogen and oxygen atoms in total. The second kappa shape index (κ2) is 8.72. The van der Waals surface area contributed by atoms with Gasteiger partial charge in [-0.3, -0.25) is 0 Å². The molecular formula is C16H26N2O2. The van der Waals surface area contributed by atoms with Crippen LogP contribution in [0.3, 0.4) is 0 Å². The Morgan fingerprint density at radius 1 is 1.45 bits per heavy atom. The summed E-state index contributed by atoms with van der Waals surface area (Å²) in [6, 6.07) is 7.47. The Hall–Kier alpha value is -1.39. The number of unbranched alkanes of at least 4 members (excludes halogenated alkanes) is 1. The van der Waals surface area contributed by atoms with Crippen LogP contribution in [0.1, 0.15) is 42.6 Å². The third-order valence-corrected chi connectivity index (χ3v) is 3.31. The Morgan fingerprint density at radius 2 is 2.20 bits per heavy atom. The maximum Gasteiger partial charge on any atom is 0.335 e. The normalized spacial score (nSPS) is 12.6. The van der Waals surface area contributed by atoms with E-state index < -0.39 is 5.97 Å². The lowest BCUT2D eigenvalue weighted by Gasteiger charge is -2.22. The SMILES string of the molecule is CCCCN(C)C[C@@H](C)NCc1cccc(C(=O)O)c1. The van der Waals surface area contributed by atoms with Crippen molar-refractivity contribution < 1.29 is 9.90 Å². The van der Waals surface area contributed by atoms with E-state index in [9.17, 15) is 4.79 Å². The molecule has 0 fully saturated rings. The molecule has 1 aromatic carbocycles. The Kier molecular flexibility index (Phi) is 7.26. The summed E-state index contributed by atoms with van der Waals surface area (Å²) in [5, 5.41) is 12.4. The number of nitrogens with one attached hydrogen (secondary N) is 1. The van der Waals surface area contributed by atoms with Gasteiger partial charge < -0.3 is 15.3 Å². The first-order chi connectivity index (χ1) is 9.52. The predicted molar refractivity (Wildman–Crippen MR) is 82.1 cm³/mol. The third kappa shape index (κ3) is 6.17. The summed E-state index contributed by atoms with van der Waals surface area (Å²) in [5.41, 5.74) is 1.35. The first-order valence-electron chi connectivity index (χ1n) is 7.27. The van der Waals surface area contributed by atoms with E-state index in [1.54, 1.807) is 18.2 Å². The van der Waals surface area contributed by atoms with Crippen molar-refractivity contribution in [1.82, 2.24) is 10.2 Å². The van der Waals surface area contributed by atoms with Gasteiger partial charge in [0.1, 0.15) is 0 Å². The van der Waals surface area contributed by atoms with Gasteiger partial charge >= 0.3 is 5.97 Å². The first-order valence-corrected chi connectivity index (χ1v) is 7.27. The van der Waals surface area contributed by atoms with Gasteiger partial charge in [-0.1, -0.05) is 25.5 Å². The summed E-state index contributed by atoms with van der Waals surface area (Å²) in [6.45, 7) is 7.17. The summed E-state index contributed by atoms with van der Waals surface area (Å²) in [5.74, 6) is -0.876. The van der Waals surface area contributed by atoms with E-state index in [2.05, 4.69) is 31.1 Å². The standard InChI is InChI=1S/C16H26N2O2/c1-4-5-9-18(3)12-13(2)17-11-14-7-6-8-15(10-14)16(19)20/h6-8,10,13,17H,4-5,9,11-12H2,1-3H3,(H,19,20)/t13-/m1/s1. The highest BCUT2D eigenvalue weighted by Crippen LogP contribution is 2.05. The van der Waals surface area contributed by atoms with Crippen LogP contribution in [0.5, 0.6) is 0 Å². The molecule has 0 heterocycles. The number of carbonyl (C=O) groups is 1. The molecule has 1 atom stereocenters. The molecule has 1 aromatic rings. The molecule has 20 heavy (non-hydrogen) atoms. The second-order valence-corrected chi connectivity index (χ2v) is 5.40. The van der Waals surface area contributed by atoms with Crippen molar-refractivity contribution in [1.29, 1.82) is 0 Å². The molecule has 0 aliphatic heterocycles. The lowest BCUT2D eigenvalue weighted by molar-refractivity contribution is 0.0696. The molecule has 0 amide bonds. The minimum atomic E-state index is -0.876. The number of hydrogen-bond donors (Lipinski definition) is 2. The number of nitrogens with zero attached hydrogens (tertiary/aromatic N) is 1. The number of hydrogen-bond acceptors (Lipinski definition) is 3. The van der Waals surface area contributed by atoms with Gasteiger partial charge in [0.25, 0.3) is 0 Å². The van der Waals surface area contributed by atoms with Crippen molar-refractivity contribution in [2.45, 2.75) is 39.3 Å². The third-order valence-electron chi connectivity index (χ3n) is 3.31. The van der Waals surface area contributed by atoms with Crippen LogP contribution < -0.4 is 5.32 Å². The zero-order chi connectivity index (χ0) is 15.0. The largest absolute Gasteiger partial charge is 0.478 e. The molecule has 0 unspecified atom stereocenters. The van der Waals surface area contributed by atoms with E-state index in [1.165, 1.54) is 12.8 Å². The van der Waals surface area contributed by atoms with Crippen LogP contribution in [0.15, 0.2) is 24.3 Å². The van der Waals surface area contributed by atoms with Gasteiger partial charge in [-0.05, 0) is 44.6 Å². The fourth-order valence-corrected chi connectivity index (χ4v) is 2.16. The van der Waals surface area contributed by atoms with Gasteiger partial charge in [-0.2, -0.15) is 0 Å². The Labute approximate surface area is 121 Å². The van der Waals surface area contributed by atoms with E-state index in [-0.39, 0.29) is 0 Å². The monoisotopic (exact) mass is 278 g/mol. The fourth-order valence-electron chi connectivity index (χ4n) is 2.16. The van der Waals surface area contributed by atoms with Crippen LogP contribution in [0.25, 0.3) is 0 Å². The lowest BCUT2D eigenvalue weighted by Crippen LogP contribution is -2.37. The molecule has 0 saturated carbocycles. The smallest absolute Gasteiger partial charge is 0.335 e. The lowest BCUT2D eigenvalue weighted by atomic mass is 10.1. The van der Waals surface area contributed by atoms with E-state index in [0.717, 1.165) is 18.7 Å². The van der Waals surface area contributed by atoms with Gasteiger partial charge in [-0.25, -0.2) is 4.79 Å². The topological polar surface area (TPSA) is 52.6 Å². The number of rotatable bonds is 9. The van der Waals surface area contributed by atoms with Crippen LogP contribution >= 0.6 is 0 Å². The minimum Gasteiger partial charge on any atom is -0.478 e. The fraction of sp³-hybridized carbons (Fsp3) is 0.562. The highest BCUT2D eigenvalue weighted by molar-refractivity contribution is 5.87. The van der Waals surface area contributed by atoms with Crippen LogP contribution in [-0.2, 0) is 6.54 Å². The number of carboxylic acids is 1. The average Bonchev–Trinajstić information content (AvgIpc) is 2.43. The molecule has 0 saturated heterocycles. The average molecular weight is 278 g/mol. The van der Waals surface area contributed by atoms with Crippen molar-refractivity contribution in [3.63, 3.8) is 0 Å². The molecule has 0 radical (unpaired) electrons. The van der Waals surface area contributed by atoms with E-state index in [1.807, 2.05) is 6.07 Å². The summed E-state index contributed by atoms with van der Waals surface area (Å²) in [6.07, 6.45) is 2.44. The van der Waals surface area contributed by atoms with Crippen LogP contribution in [0, 0.1) is 0 Å². The second-order valence-electron chi connectivity index (χ2n) is 5.40. The Bertz CT molecular complexity index is 421. The molecule has 4 heteroatoms. The number of carboxylic acid groups (broad SMARTS) is 1. The van der Waals surface area contributed by atoms with Crippen molar-refractivity contribution >= 4 is 5.97 Å². The number of aromatic carboxylic acids is 1.